The molecule has 0 bridgehead atoms. The van der Waals surface area contributed by atoms with Crippen LogP contribution >= 0.6 is 0 Å². The van der Waals surface area contributed by atoms with Gasteiger partial charge in [0.1, 0.15) is 0 Å². The standard InChI is InChI=1S/C22H26N2O4/c1-27-19-11-10-18(15-20(19)28-2)23-21(25)16-8-7-9-17(14-16)22(26)24-12-5-3-4-6-13-24/h7-11,14-15H,3-6,12-13H2,1-2H3,(H,23,25). The Morgan fingerprint density at radius 2 is 1.54 bits per heavy atom. The SMILES string of the molecule is COc1ccc(NC(=O)c2cccc(C(=O)N3CCCCCC3)c2)cc1OC. The van der Waals surface area contributed by atoms with Gasteiger partial charge in [0.15, 0.2) is 11.5 Å². The van der Waals surface area contributed by atoms with E-state index < -0.39 is 0 Å². The average molecular weight is 382 g/mol. The first-order valence-corrected chi connectivity index (χ1v) is 9.55. The number of amides is 2. The van der Waals surface area contributed by atoms with Crippen LogP contribution in [0.2, 0.25) is 0 Å². The molecule has 2 amide bonds. The zero-order valence-corrected chi connectivity index (χ0v) is 16.4. The fourth-order valence-electron chi connectivity index (χ4n) is 3.37. The maximum absolute atomic E-state index is 12.8. The molecule has 0 aromatic heterocycles. The van der Waals surface area contributed by atoms with Crippen LogP contribution < -0.4 is 14.8 Å². The number of hydrogen-bond acceptors (Lipinski definition) is 4. The van der Waals surface area contributed by atoms with E-state index in [1.54, 1.807) is 56.7 Å². The highest BCUT2D eigenvalue weighted by molar-refractivity contribution is 6.06. The number of carbonyl (C=O) groups excluding carboxylic acids is 2. The lowest BCUT2D eigenvalue weighted by atomic mass is 10.1. The number of carbonyl (C=O) groups is 2. The van der Waals surface area contributed by atoms with Gasteiger partial charge in [-0.25, -0.2) is 0 Å². The smallest absolute Gasteiger partial charge is 0.255 e. The summed E-state index contributed by atoms with van der Waals surface area (Å²) in [7, 11) is 3.10. The van der Waals surface area contributed by atoms with E-state index in [1.165, 1.54) is 0 Å². The van der Waals surface area contributed by atoms with Crippen molar-refractivity contribution in [3.63, 3.8) is 0 Å². The Kier molecular flexibility index (Phi) is 6.53. The Bertz CT molecular complexity index is 842. The molecule has 3 rings (SSSR count). The largest absolute Gasteiger partial charge is 0.493 e. The normalized spacial score (nSPS) is 14.1. The summed E-state index contributed by atoms with van der Waals surface area (Å²) in [5.41, 5.74) is 1.57. The minimum Gasteiger partial charge on any atom is -0.493 e. The predicted octanol–water partition coefficient (Wildman–Crippen LogP) is 3.97. The molecule has 1 N–H and O–H groups in total. The van der Waals surface area contributed by atoms with Crippen LogP contribution in [0.25, 0.3) is 0 Å². The third-order valence-corrected chi connectivity index (χ3v) is 4.91. The van der Waals surface area contributed by atoms with Gasteiger partial charge in [0, 0.05) is 36.0 Å². The zero-order chi connectivity index (χ0) is 19.9. The van der Waals surface area contributed by atoms with Crippen molar-refractivity contribution >= 4 is 17.5 Å². The molecule has 0 spiro atoms. The second kappa shape index (κ2) is 9.26. The molecule has 2 aromatic rings. The van der Waals surface area contributed by atoms with Crippen LogP contribution in [0.4, 0.5) is 5.69 Å². The van der Waals surface area contributed by atoms with E-state index in [2.05, 4.69) is 5.32 Å². The van der Waals surface area contributed by atoms with Crippen LogP contribution in [-0.4, -0.2) is 44.0 Å². The molecule has 2 aromatic carbocycles. The number of likely N-dealkylation sites (tertiary alicyclic amines) is 1. The van der Waals surface area contributed by atoms with Crippen LogP contribution in [0.5, 0.6) is 11.5 Å². The van der Waals surface area contributed by atoms with Crippen molar-refractivity contribution in [3.05, 3.63) is 53.6 Å². The second-order valence-corrected chi connectivity index (χ2v) is 6.81. The Balaban J connectivity index is 1.74. The number of rotatable bonds is 5. The van der Waals surface area contributed by atoms with Crippen LogP contribution in [0.1, 0.15) is 46.4 Å². The molecular weight excluding hydrogens is 356 g/mol. The van der Waals surface area contributed by atoms with Crippen molar-refractivity contribution in [1.82, 2.24) is 4.90 Å². The number of methoxy groups -OCH3 is 2. The van der Waals surface area contributed by atoms with E-state index in [1.807, 2.05) is 4.90 Å². The Morgan fingerprint density at radius 3 is 2.21 bits per heavy atom. The van der Waals surface area contributed by atoms with Crippen molar-refractivity contribution in [3.8, 4) is 11.5 Å². The lowest BCUT2D eigenvalue weighted by Gasteiger charge is -2.20. The van der Waals surface area contributed by atoms with Crippen molar-refractivity contribution in [2.24, 2.45) is 0 Å². The highest BCUT2D eigenvalue weighted by Gasteiger charge is 2.18. The fraction of sp³-hybridized carbons (Fsp3) is 0.364. The van der Waals surface area contributed by atoms with Gasteiger partial charge in [0.2, 0.25) is 0 Å². The molecule has 28 heavy (non-hydrogen) atoms. The molecular formula is C22H26N2O4. The topological polar surface area (TPSA) is 67.9 Å². The highest BCUT2D eigenvalue weighted by atomic mass is 16.5. The first-order chi connectivity index (χ1) is 13.6. The summed E-state index contributed by atoms with van der Waals surface area (Å²) in [6, 6.07) is 12.0. The second-order valence-electron chi connectivity index (χ2n) is 6.81. The van der Waals surface area contributed by atoms with Gasteiger partial charge in [-0.05, 0) is 43.2 Å². The molecule has 1 heterocycles. The van der Waals surface area contributed by atoms with Crippen molar-refractivity contribution < 1.29 is 19.1 Å². The highest BCUT2D eigenvalue weighted by Crippen LogP contribution is 2.30. The molecule has 0 unspecified atom stereocenters. The summed E-state index contributed by atoms with van der Waals surface area (Å²) in [6.07, 6.45) is 4.39. The van der Waals surface area contributed by atoms with E-state index in [-0.39, 0.29) is 11.8 Å². The summed E-state index contributed by atoms with van der Waals surface area (Å²) >= 11 is 0. The molecule has 0 radical (unpaired) electrons. The Morgan fingerprint density at radius 1 is 0.857 bits per heavy atom. The fourth-order valence-corrected chi connectivity index (χ4v) is 3.37. The summed E-state index contributed by atoms with van der Waals surface area (Å²) in [4.78, 5) is 27.4. The van der Waals surface area contributed by atoms with E-state index in [0.717, 1.165) is 38.8 Å². The van der Waals surface area contributed by atoms with Gasteiger partial charge in [0.05, 0.1) is 14.2 Å². The lowest BCUT2D eigenvalue weighted by molar-refractivity contribution is 0.0761. The third kappa shape index (κ3) is 4.63. The first kappa shape index (κ1) is 19.7. The molecule has 1 aliphatic rings. The lowest BCUT2D eigenvalue weighted by Crippen LogP contribution is -2.32. The molecule has 0 atom stereocenters. The zero-order valence-electron chi connectivity index (χ0n) is 16.4. The quantitative estimate of drug-likeness (QED) is 0.850. The number of nitrogens with one attached hydrogen (secondary N) is 1. The van der Waals surface area contributed by atoms with Gasteiger partial charge in [0.25, 0.3) is 11.8 Å². The minimum absolute atomic E-state index is 0.0114. The average Bonchev–Trinajstić information content (AvgIpc) is 3.02. The number of hydrogen-bond donors (Lipinski definition) is 1. The van der Waals surface area contributed by atoms with E-state index in [0.29, 0.717) is 28.3 Å². The molecule has 1 aliphatic heterocycles. The first-order valence-electron chi connectivity index (χ1n) is 9.55. The summed E-state index contributed by atoms with van der Waals surface area (Å²) < 4.78 is 10.5. The Labute approximate surface area is 165 Å². The van der Waals surface area contributed by atoms with Gasteiger partial charge >= 0.3 is 0 Å². The van der Waals surface area contributed by atoms with Crippen LogP contribution in [0, 0.1) is 0 Å². The van der Waals surface area contributed by atoms with Crippen LogP contribution in [0.15, 0.2) is 42.5 Å². The maximum Gasteiger partial charge on any atom is 0.255 e. The molecule has 0 saturated carbocycles. The molecule has 1 saturated heterocycles. The molecule has 1 fully saturated rings. The van der Waals surface area contributed by atoms with Crippen molar-refractivity contribution in [1.29, 1.82) is 0 Å². The van der Waals surface area contributed by atoms with Crippen molar-refractivity contribution in [2.45, 2.75) is 25.7 Å². The van der Waals surface area contributed by atoms with E-state index in [4.69, 9.17) is 9.47 Å². The van der Waals surface area contributed by atoms with Gasteiger partial charge < -0.3 is 19.7 Å². The molecule has 148 valence electrons. The maximum atomic E-state index is 12.8. The van der Waals surface area contributed by atoms with Crippen LogP contribution in [-0.2, 0) is 0 Å². The predicted molar refractivity (Wildman–Crippen MR) is 108 cm³/mol. The van der Waals surface area contributed by atoms with Gasteiger partial charge in [-0.1, -0.05) is 18.9 Å². The summed E-state index contributed by atoms with van der Waals surface area (Å²) in [5, 5.41) is 2.84. The molecule has 0 aliphatic carbocycles. The third-order valence-electron chi connectivity index (χ3n) is 4.91. The van der Waals surface area contributed by atoms with Crippen LogP contribution in [0.3, 0.4) is 0 Å². The van der Waals surface area contributed by atoms with Gasteiger partial charge in [-0.2, -0.15) is 0 Å². The number of anilines is 1. The monoisotopic (exact) mass is 382 g/mol. The summed E-state index contributed by atoms with van der Waals surface area (Å²) in [6.45, 7) is 1.56. The van der Waals surface area contributed by atoms with Gasteiger partial charge in [-0.15, -0.1) is 0 Å². The van der Waals surface area contributed by atoms with E-state index >= 15 is 0 Å². The molecule has 6 heteroatoms. The number of nitrogens with zero attached hydrogens (tertiary/aromatic N) is 1. The number of ether oxygens (including phenoxy) is 2. The van der Waals surface area contributed by atoms with Crippen molar-refractivity contribution in [2.75, 3.05) is 32.6 Å². The van der Waals surface area contributed by atoms with E-state index in [9.17, 15) is 9.59 Å². The number of benzene rings is 2. The minimum atomic E-state index is -0.280. The summed E-state index contributed by atoms with van der Waals surface area (Å²) in [5.74, 6) is 0.830. The molecule has 6 nitrogen and oxygen atoms in total. The Hall–Kier alpha value is -3.02. The van der Waals surface area contributed by atoms with Gasteiger partial charge in [-0.3, -0.25) is 9.59 Å².